The van der Waals surface area contributed by atoms with Gasteiger partial charge in [-0.2, -0.15) is 5.26 Å². The molecule has 0 saturated carbocycles. The second kappa shape index (κ2) is 5.78. The van der Waals surface area contributed by atoms with Gasteiger partial charge in [-0.1, -0.05) is 0 Å². The monoisotopic (exact) mass is 305 g/mol. The number of nitrogens with two attached hydrogens (primary N) is 1. The van der Waals surface area contributed by atoms with Gasteiger partial charge in [0, 0.05) is 12.1 Å². The maximum atomic E-state index is 11.1. The molecule has 0 spiro atoms. The summed E-state index contributed by atoms with van der Waals surface area (Å²) >= 11 is 0. The van der Waals surface area contributed by atoms with Crippen LogP contribution in [0.15, 0.2) is 41.4 Å². The van der Waals surface area contributed by atoms with Crippen LogP contribution in [-0.4, -0.2) is 20.5 Å². The van der Waals surface area contributed by atoms with Crippen molar-refractivity contribution in [2.45, 2.75) is 4.90 Å². The molecular weight excluding hydrogens is 294 g/mol. The van der Waals surface area contributed by atoms with E-state index in [-0.39, 0.29) is 10.8 Å². The Balaban J connectivity index is 2.28. The molecule has 108 valence electrons. The number of nitrogens with zero attached hydrogens (tertiary/aromatic N) is 2. The molecule has 0 aliphatic carbocycles. The minimum atomic E-state index is -3.79. The predicted molar refractivity (Wildman–Crippen MR) is 73.4 cm³/mol. The van der Waals surface area contributed by atoms with E-state index in [0.717, 1.165) is 6.20 Å². The number of aromatic nitrogens is 1. The first-order chi connectivity index (χ1) is 9.92. The Morgan fingerprint density at radius 1 is 1.24 bits per heavy atom. The Labute approximate surface area is 121 Å². The van der Waals surface area contributed by atoms with Gasteiger partial charge in [-0.05, 0) is 18.2 Å². The average Bonchev–Trinajstić information content (AvgIpc) is 2.46. The number of sulfonamides is 1. The van der Waals surface area contributed by atoms with Gasteiger partial charge in [-0.25, -0.2) is 18.5 Å². The van der Waals surface area contributed by atoms with E-state index in [1.54, 1.807) is 12.1 Å². The number of rotatable bonds is 4. The number of primary sulfonamides is 1. The smallest absolute Gasteiger partial charge is 0.239 e. The fraction of sp³-hybridized carbons (Fsp3) is 0.0769. The van der Waals surface area contributed by atoms with Crippen LogP contribution in [0.2, 0.25) is 0 Å². The normalized spacial score (nSPS) is 10.7. The molecule has 2 N–H and O–H groups in total. The van der Waals surface area contributed by atoms with Crippen LogP contribution in [0.1, 0.15) is 5.56 Å². The zero-order chi connectivity index (χ0) is 15.5. The van der Waals surface area contributed by atoms with Gasteiger partial charge in [0.1, 0.15) is 16.4 Å². The number of methoxy groups -OCH3 is 1. The summed E-state index contributed by atoms with van der Waals surface area (Å²) in [6.45, 7) is 0. The van der Waals surface area contributed by atoms with Gasteiger partial charge in [0.05, 0.1) is 24.9 Å². The van der Waals surface area contributed by atoms with E-state index in [2.05, 4.69) is 4.98 Å². The molecule has 2 aromatic rings. The maximum Gasteiger partial charge on any atom is 0.239 e. The molecule has 0 saturated heterocycles. The molecule has 1 aromatic heterocycles. The molecule has 0 fully saturated rings. The highest BCUT2D eigenvalue weighted by atomic mass is 32.2. The fourth-order valence-electron chi connectivity index (χ4n) is 1.53. The highest BCUT2D eigenvalue weighted by molar-refractivity contribution is 7.89. The Bertz CT molecular complexity index is 795. The van der Waals surface area contributed by atoms with Crippen LogP contribution in [0.4, 0.5) is 0 Å². The largest absolute Gasteiger partial charge is 0.497 e. The first kappa shape index (κ1) is 14.8. The van der Waals surface area contributed by atoms with E-state index in [9.17, 15) is 8.42 Å². The van der Waals surface area contributed by atoms with Gasteiger partial charge < -0.3 is 9.47 Å². The molecule has 0 aliphatic heterocycles. The summed E-state index contributed by atoms with van der Waals surface area (Å²) in [6, 6.07) is 9.28. The van der Waals surface area contributed by atoms with Crippen LogP contribution < -0.4 is 14.6 Å². The van der Waals surface area contributed by atoms with E-state index in [4.69, 9.17) is 19.9 Å². The number of nitriles is 1. The first-order valence-corrected chi connectivity index (χ1v) is 7.23. The number of ether oxygens (including phenoxy) is 2. The number of hydrogen-bond donors (Lipinski definition) is 1. The summed E-state index contributed by atoms with van der Waals surface area (Å²) in [4.78, 5) is 3.73. The van der Waals surface area contributed by atoms with Crippen molar-refractivity contribution in [2.24, 2.45) is 5.14 Å². The molecular formula is C13H11N3O4S. The molecule has 21 heavy (non-hydrogen) atoms. The lowest BCUT2D eigenvalue weighted by Gasteiger charge is -2.07. The molecule has 1 heterocycles. The molecule has 0 radical (unpaired) electrons. The van der Waals surface area contributed by atoms with Crippen LogP contribution in [0.25, 0.3) is 0 Å². The fourth-order valence-corrected chi connectivity index (χ4v) is 1.99. The minimum absolute atomic E-state index is 0.113. The third kappa shape index (κ3) is 3.68. The quantitative estimate of drug-likeness (QED) is 0.912. The van der Waals surface area contributed by atoms with Crippen molar-refractivity contribution >= 4 is 10.0 Å². The Morgan fingerprint density at radius 2 is 1.95 bits per heavy atom. The van der Waals surface area contributed by atoms with E-state index in [0.29, 0.717) is 17.1 Å². The SMILES string of the molecule is COc1cc(C#N)cc(Oc2ccc(S(N)(=O)=O)cn2)c1. The van der Waals surface area contributed by atoms with Gasteiger partial charge in [-0.3, -0.25) is 0 Å². The number of pyridine rings is 1. The Hall–Kier alpha value is -2.63. The standard InChI is InChI=1S/C13H11N3O4S/c1-19-10-4-9(7-14)5-11(6-10)20-13-3-2-12(8-16-13)21(15,17)18/h2-6,8H,1H3,(H2,15,17,18). The van der Waals surface area contributed by atoms with E-state index in [1.807, 2.05) is 6.07 Å². The van der Waals surface area contributed by atoms with E-state index < -0.39 is 10.0 Å². The topological polar surface area (TPSA) is 115 Å². The van der Waals surface area contributed by atoms with Crippen molar-refractivity contribution in [3.05, 3.63) is 42.1 Å². The van der Waals surface area contributed by atoms with Gasteiger partial charge in [0.2, 0.25) is 15.9 Å². The van der Waals surface area contributed by atoms with Crippen molar-refractivity contribution in [1.29, 1.82) is 5.26 Å². The van der Waals surface area contributed by atoms with Crippen molar-refractivity contribution in [1.82, 2.24) is 4.98 Å². The van der Waals surface area contributed by atoms with Crippen LogP contribution in [0.3, 0.4) is 0 Å². The lowest BCUT2D eigenvalue weighted by molar-refractivity contribution is 0.407. The van der Waals surface area contributed by atoms with Crippen molar-refractivity contribution < 1.29 is 17.9 Å². The number of hydrogen-bond acceptors (Lipinski definition) is 6. The van der Waals surface area contributed by atoms with Crippen molar-refractivity contribution in [2.75, 3.05) is 7.11 Å². The average molecular weight is 305 g/mol. The molecule has 0 bridgehead atoms. The van der Waals surface area contributed by atoms with Gasteiger partial charge in [-0.15, -0.1) is 0 Å². The lowest BCUT2D eigenvalue weighted by atomic mass is 10.2. The lowest BCUT2D eigenvalue weighted by Crippen LogP contribution is -2.12. The number of benzene rings is 1. The minimum Gasteiger partial charge on any atom is -0.497 e. The van der Waals surface area contributed by atoms with Gasteiger partial charge in [0.15, 0.2) is 0 Å². The van der Waals surface area contributed by atoms with Crippen molar-refractivity contribution in [3.63, 3.8) is 0 Å². The summed E-state index contributed by atoms with van der Waals surface area (Å²) in [5.41, 5.74) is 0.366. The molecule has 2 rings (SSSR count). The molecule has 0 atom stereocenters. The molecule has 0 amide bonds. The third-order valence-electron chi connectivity index (χ3n) is 2.51. The summed E-state index contributed by atoms with van der Waals surface area (Å²) in [5.74, 6) is 0.978. The summed E-state index contributed by atoms with van der Waals surface area (Å²) in [6.07, 6.45) is 1.09. The third-order valence-corrected chi connectivity index (χ3v) is 3.40. The van der Waals surface area contributed by atoms with E-state index >= 15 is 0 Å². The van der Waals surface area contributed by atoms with Crippen molar-refractivity contribution in [3.8, 4) is 23.4 Å². The Kier molecular flexibility index (Phi) is 4.07. The molecule has 0 aliphatic rings. The molecule has 8 heteroatoms. The molecule has 7 nitrogen and oxygen atoms in total. The highest BCUT2D eigenvalue weighted by Gasteiger charge is 2.09. The zero-order valence-electron chi connectivity index (χ0n) is 11.0. The second-order valence-corrected chi connectivity index (χ2v) is 5.55. The van der Waals surface area contributed by atoms with Gasteiger partial charge >= 0.3 is 0 Å². The summed E-state index contributed by atoms with van der Waals surface area (Å²) in [5, 5.41) is 13.9. The van der Waals surface area contributed by atoms with Crippen LogP contribution in [0.5, 0.6) is 17.4 Å². The summed E-state index contributed by atoms with van der Waals surface area (Å²) < 4.78 is 32.7. The second-order valence-electron chi connectivity index (χ2n) is 3.99. The molecule has 1 aromatic carbocycles. The van der Waals surface area contributed by atoms with Crippen LogP contribution in [0, 0.1) is 11.3 Å². The maximum absolute atomic E-state index is 11.1. The first-order valence-electron chi connectivity index (χ1n) is 5.68. The zero-order valence-corrected chi connectivity index (χ0v) is 11.8. The highest BCUT2D eigenvalue weighted by Crippen LogP contribution is 2.26. The van der Waals surface area contributed by atoms with E-state index in [1.165, 1.54) is 25.3 Å². The summed E-state index contributed by atoms with van der Waals surface area (Å²) in [7, 11) is -2.32. The molecule has 0 unspecified atom stereocenters. The van der Waals surface area contributed by atoms with Gasteiger partial charge in [0.25, 0.3) is 0 Å². The predicted octanol–water partition coefficient (Wildman–Crippen LogP) is 1.40. The van der Waals surface area contributed by atoms with Crippen LogP contribution in [-0.2, 0) is 10.0 Å². The van der Waals surface area contributed by atoms with Crippen LogP contribution >= 0.6 is 0 Å². The Morgan fingerprint density at radius 3 is 2.48 bits per heavy atom.